The van der Waals surface area contributed by atoms with Gasteiger partial charge in [0.1, 0.15) is 5.75 Å². The lowest BCUT2D eigenvalue weighted by molar-refractivity contribution is 0.232. The van der Waals surface area contributed by atoms with E-state index in [0.29, 0.717) is 11.6 Å². The van der Waals surface area contributed by atoms with Gasteiger partial charge in [-0.1, -0.05) is 12.1 Å². The number of hydrogen-bond acceptors (Lipinski definition) is 6. The molecule has 122 valence electrons. The van der Waals surface area contributed by atoms with E-state index in [2.05, 4.69) is 19.8 Å². The first-order valence-corrected chi connectivity index (χ1v) is 7.90. The van der Waals surface area contributed by atoms with Crippen molar-refractivity contribution in [3.05, 3.63) is 36.7 Å². The van der Waals surface area contributed by atoms with Crippen molar-refractivity contribution in [2.75, 3.05) is 36.0 Å². The van der Waals surface area contributed by atoms with Crippen molar-refractivity contribution in [1.29, 1.82) is 0 Å². The number of para-hydroxylation sites is 2. The monoisotopic (exact) mass is 314 g/mol. The summed E-state index contributed by atoms with van der Waals surface area (Å²) >= 11 is 0. The summed E-state index contributed by atoms with van der Waals surface area (Å²) in [6.07, 6.45) is 3.41. The summed E-state index contributed by atoms with van der Waals surface area (Å²) in [6.45, 7) is 7.21. The van der Waals surface area contributed by atoms with E-state index in [1.165, 1.54) is 0 Å². The number of piperazine rings is 1. The van der Waals surface area contributed by atoms with E-state index in [-0.39, 0.29) is 6.10 Å². The van der Waals surface area contributed by atoms with E-state index in [4.69, 9.17) is 4.74 Å². The Balaban J connectivity index is 1.71. The number of hydrogen-bond donors (Lipinski definition) is 1. The maximum Gasteiger partial charge on any atom is 0.257 e. The van der Waals surface area contributed by atoms with Gasteiger partial charge in [0, 0.05) is 38.6 Å². The van der Waals surface area contributed by atoms with Gasteiger partial charge in [-0.15, -0.1) is 0 Å². The number of phenols is 1. The highest BCUT2D eigenvalue weighted by Gasteiger charge is 2.23. The van der Waals surface area contributed by atoms with Crippen molar-refractivity contribution in [3.8, 4) is 11.6 Å². The van der Waals surface area contributed by atoms with Crippen LogP contribution in [0.4, 0.5) is 11.5 Å². The number of rotatable bonds is 4. The molecule has 1 aromatic carbocycles. The average molecular weight is 314 g/mol. The number of phenolic OH excluding ortho intramolecular Hbond substituents is 1. The number of benzene rings is 1. The number of aromatic hydroxyl groups is 1. The summed E-state index contributed by atoms with van der Waals surface area (Å²) in [5.41, 5.74) is 0.880. The van der Waals surface area contributed by atoms with Gasteiger partial charge < -0.3 is 19.6 Å². The molecule has 0 aliphatic carbocycles. The first kappa shape index (κ1) is 15.4. The molecule has 1 aromatic heterocycles. The third kappa shape index (κ3) is 3.47. The van der Waals surface area contributed by atoms with Gasteiger partial charge in [-0.2, -0.15) is 0 Å². The van der Waals surface area contributed by atoms with E-state index < -0.39 is 0 Å². The summed E-state index contributed by atoms with van der Waals surface area (Å²) < 4.78 is 5.76. The minimum absolute atomic E-state index is 0.0630. The molecule has 6 nitrogen and oxygen atoms in total. The third-order valence-electron chi connectivity index (χ3n) is 3.80. The maximum absolute atomic E-state index is 9.99. The standard InChI is InChI=1S/C17H22N4O2/c1-13(2)23-17-16(18-7-8-19-17)21-11-9-20(10-12-21)14-5-3-4-6-15(14)22/h3-8,13,22H,9-12H2,1-2H3. The fraction of sp³-hybridized carbons (Fsp3) is 0.412. The van der Waals surface area contributed by atoms with Crippen LogP contribution in [0.25, 0.3) is 0 Å². The van der Waals surface area contributed by atoms with Gasteiger partial charge in [0.2, 0.25) is 0 Å². The molecule has 2 heterocycles. The molecule has 0 bridgehead atoms. The molecule has 0 unspecified atom stereocenters. The van der Waals surface area contributed by atoms with Crippen molar-refractivity contribution < 1.29 is 9.84 Å². The van der Waals surface area contributed by atoms with E-state index in [1.807, 2.05) is 32.0 Å². The third-order valence-corrected chi connectivity index (χ3v) is 3.80. The second-order valence-corrected chi connectivity index (χ2v) is 5.81. The van der Waals surface area contributed by atoms with Crippen molar-refractivity contribution in [2.24, 2.45) is 0 Å². The van der Waals surface area contributed by atoms with Crippen LogP contribution in [-0.4, -0.2) is 47.4 Å². The predicted molar refractivity (Wildman–Crippen MR) is 90.3 cm³/mol. The van der Waals surface area contributed by atoms with Crippen molar-refractivity contribution in [2.45, 2.75) is 20.0 Å². The molecule has 23 heavy (non-hydrogen) atoms. The normalized spacial score (nSPS) is 15.1. The molecule has 3 rings (SSSR count). The van der Waals surface area contributed by atoms with E-state index >= 15 is 0 Å². The summed E-state index contributed by atoms with van der Waals surface area (Å²) in [6, 6.07) is 7.45. The number of aromatic nitrogens is 2. The summed E-state index contributed by atoms with van der Waals surface area (Å²) in [5.74, 6) is 1.70. The first-order chi connectivity index (χ1) is 11.1. The highest BCUT2D eigenvalue weighted by atomic mass is 16.5. The fourth-order valence-electron chi connectivity index (χ4n) is 2.73. The van der Waals surface area contributed by atoms with Gasteiger partial charge in [0.25, 0.3) is 5.88 Å². The second kappa shape index (κ2) is 6.73. The molecule has 1 fully saturated rings. The Morgan fingerprint density at radius 1 is 1.00 bits per heavy atom. The Kier molecular flexibility index (Phi) is 4.50. The van der Waals surface area contributed by atoms with Crippen LogP contribution in [0.15, 0.2) is 36.7 Å². The van der Waals surface area contributed by atoms with Crippen LogP contribution in [0.2, 0.25) is 0 Å². The lowest BCUT2D eigenvalue weighted by Crippen LogP contribution is -2.47. The highest BCUT2D eigenvalue weighted by Crippen LogP contribution is 2.29. The Morgan fingerprint density at radius 2 is 1.65 bits per heavy atom. The Morgan fingerprint density at radius 3 is 2.35 bits per heavy atom. The number of ether oxygens (including phenoxy) is 1. The molecule has 0 saturated carbocycles. The Labute approximate surface area is 136 Å². The molecular formula is C17H22N4O2. The molecule has 0 atom stereocenters. The van der Waals surface area contributed by atoms with Crippen LogP contribution in [-0.2, 0) is 0 Å². The zero-order valence-corrected chi connectivity index (χ0v) is 13.5. The lowest BCUT2D eigenvalue weighted by Gasteiger charge is -2.37. The molecule has 0 spiro atoms. The summed E-state index contributed by atoms with van der Waals surface area (Å²) in [5, 5.41) is 9.99. The molecule has 1 N–H and O–H groups in total. The Bertz CT molecular complexity index is 655. The van der Waals surface area contributed by atoms with E-state index in [1.54, 1.807) is 18.5 Å². The maximum atomic E-state index is 9.99. The van der Waals surface area contributed by atoms with Gasteiger partial charge in [-0.3, -0.25) is 0 Å². The van der Waals surface area contributed by atoms with Gasteiger partial charge in [-0.05, 0) is 26.0 Å². The van der Waals surface area contributed by atoms with Crippen LogP contribution in [0.1, 0.15) is 13.8 Å². The van der Waals surface area contributed by atoms with Crippen LogP contribution >= 0.6 is 0 Å². The molecule has 6 heteroatoms. The minimum Gasteiger partial charge on any atom is -0.506 e. The van der Waals surface area contributed by atoms with Gasteiger partial charge in [-0.25, -0.2) is 9.97 Å². The zero-order chi connectivity index (χ0) is 16.2. The van der Waals surface area contributed by atoms with Crippen LogP contribution in [0, 0.1) is 0 Å². The lowest BCUT2D eigenvalue weighted by atomic mass is 10.2. The summed E-state index contributed by atoms with van der Waals surface area (Å²) in [7, 11) is 0. The SMILES string of the molecule is CC(C)Oc1nccnc1N1CCN(c2ccccc2O)CC1. The van der Waals surface area contributed by atoms with Crippen LogP contribution in [0.3, 0.4) is 0 Å². The smallest absolute Gasteiger partial charge is 0.257 e. The second-order valence-electron chi connectivity index (χ2n) is 5.81. The molecular weight excluding hydrogens is 292 g/mol. The molecule has 1 aliphatic heterocycles. The van der Waals surface area contributed by atoms with Gasteiger partial charge >= 0.3 is 0 Å². The predicted octanol–water partition coefficient (Wildman–Crippen LogP) is 2.30. The van der Waals surface area contributed by atoms with Gasteiger partial charge in [0.15, 0.2) is 5.82 Å². The molecule has 1 aliphatic rings. The van der Waals surface area contributed by atoms with Crippen LogP contribution < -0.4 is 14.5 Å². The zero-order valence-electron chi connectivity index (χ0n) is 13.5. The molecule has 0 radical (unpaired) electrons. The summed E-state index contributed by atoms with van der Waals surface area (Å²) in [4.78, 5) is 13.1. The molecule has 1 saturated heterocycles. The highest BCUT2D eigenvalue weighted by molar-refractivity contribution is 5.59. The molecule has 0 amide bonds. The van der Waals surface area contributed by atoms with Crippen molar-refractivity contribution in [3.63, 3.8) is 0 Å². The first-order valence-electron chi connectivity index (χ1n) is 7.90. The largest absolute Gasteiger partial charge is 0.506 e. The van der Waals surface area contributed by atoms with Gasteiger partial charge in [0.05, 0.1) is 11.8 Å². The van der Waals surface area contributed by atoms with Crippen LogP contribution in [0.5, 0.6) is 11.6 Å². The topological polar surface area (TPSA) is 61.7 Å². The van der Waals surface area contributed by atoms with E-state index in [0.717, 1.165) is 37.7 Å². The molecule has 2 aromatic rings. The quantitative estimate of drug-likeness (QED) is 0.934. The van der Waals surface area contributed by atoms with Crippen molar-refractivity contribution in [1.82, 2.24) is 9.97 Å². The average Bonchev–Trinajstić information content (AvgIpc) is 2.56. The van der Waals surface area contributed by atoms with Crippen molar-refractivity contribution >= 4 is 11.5 Å². The number of anilines is 2. The van der Waals surface area contributed by atoms with E-state index in [9.17, 15) is 5.11 Å². The Hall–Kier alpha value is -2.50. The fourth-order valence-corrected chi connectivity index (χ4v) is 2.73. The minimum atomic E-state index is 0.0630. The number of nitrogens with zero attached hydrogens (tertiary/aromatic N) is 4.